The van der Waals surface area contributed by atoms with Gasteiger partial charge in [-0.1, -0.05) is 23.2 Å². The fourth-order valence-electron chi connectivity index (χ4n) is 3.60. The van der Waals surface area contributed by atoms with Crippen molar-refractivity contribution in [2.24, 2.45) is 0 Å². The van der Waals surface area contributed by atoms with Gasteiger partial charge in [0.15, 0.2) is 5.58 Å². The molecule has 0 saturated carbocycles. The lowest BCUT2D eigenvalue weighted by molar-refractivity contribution is 0.0300. The Balaban J connectivity index is 1.42. The van der Waals surface area contributed by atoms with Crippen molar-refractivity contribution in [2.45, 2.75) is 26.0 Å². The smallest absolute Gasteiger partial charge is 0.338 e. The van der Waals surface area contributed by atoms with E-state index >= 15 is 0 Å². The molecule has 0 fully saturated rings. The van der Waals surface area contributed by atoms with Gasteiger partial charge in [0.05, 0.1) is 17.5 Å². The van der Waals surface area contributed by atoms with E-state index in [2.05, 4.69) is 14.5 Å². The summed E-state index contributed by atoms with van der Waals surface area (Å²) >= 11 is 12.1. The lowest BCUT2D eigenvalue weighted by Crippen LogP contribution is -2.09. The van der Waals surface area contributed by atoms with Gasteiger partial charge in [-0.3, -0.25) is 0 Å². The summed E-state index contributed by atoms with van der Waals surface area (Å²) in [7, 11) is 0. The Labute approximate surface area is 176 Å². The van der Waals surface area contributed by atoms with Gasteiger partial charge < -0.3 is 13.7 Å². The summed E-state index contributed by atoms with van der Waals surface area (Å²) in [6.07, 6.45) is 2.22. The van der Waals surface area contributed by atoms with Crippen LogP contribution in [0.1, 0.15) is 34.4 Å². The number of fused-ring (bicyclic) bond motifs is 2. The minimum Gasteiger partial charge on any atom is -0.452 e. The van der Waals surface area contributed by atoms with Crippen LogP contribution in [0.4, 0.5) is 0 Å². The first-order valence-corrected chi connectivity index (χ1v) is 9.83. The van der Waals surface area contributed by atoms with E-state index in [0.29, 0.717) is 38.2 Å². The molecule has 0 amide bonds. The van der Waals surface area contributed by atoms with Crippen LogP contribution in [0.3, 0.4) is 0 Å². The summed E-state index contributed by atoms with van der Waals surface area (Å²) in [5.74, 6) is 0.897. The van der Waals surface area contributed by atoms with Crippen LogP contribution in [0.5, 0.6) is 0 Å². The first-order chi connectivity index (χ1) is 14.0. The molecular weight excluding hydrogens is 413 g/mol. The van der Waals surface area contributed by atoms with Gasteiger partial charge in [-0.25, -0.2) is 14.8 Å². The highest BCUT2D eigenvalue weighted by atomic mass is 35.5. The number of halogens is 2. The molecule has 6 nitrogen and oxygen atoms in total. The van der Waals surface area contributed by atoms with E-state index in [4.69, 9.17) is 32.4 Å². The van der Waals surface area contributed by atoms with Crippen LogP contribution in [-0.4, -0.2) is 20.5 Å². The van der Waals surface area contributed by atoms with E-state index in [1.54, 1.807) is 42.6 Å². The Kier molecular flexibility index (Phi) is 4.33. The summed E-state index contributed by atoms with van der Waals surface area (Å²) in [4.78, 5) is 21.4. The number of hydrogen-bond acceptors (Lipinski definition) is 5. The maximum atomic E-state index is 12.7. The molecule has 5 rings (SSSR count). The van der Waals surface area contributed by atoms with Crippen LogP contribution in [0.15, 0.2) is 47.0 Å². The van der Waals surface area contributed by atoms with Gasteiger partial charge in [0.2, 0.25) is 5.89 Å². The lowest BCUT2D eigenvalue weighted by Gasteiger charge is -2.11. The topological polar surface area (TPSA) is 70.2 Å². The number of esters is 1. The number of aryl methyl sites for hydroxylation is 1. The van der Waals surface area contributed by atoms with Crippen molar-refractivity contribution in [3.8, 4) is 11.5 Å². The molecule has 4 aromatic rings. The van der Waals surface area contributed by atoms with Crippen LogP contribution in [0, 0.1) is 6.92 Å². The maximum Gasteiger partial charge on any atom is 0.338 e. The molecule has 2 aromatic carbocycles. The number of imidazole rings is 1. The highest BCUT2D eigenvalue weighted by Crippen LogP contribution is 2.32. The standard InChI is InChI=1S/C21H15Cl2N3O3/c1-11-24-10-17-18(4-5-26(11)17)29-21(27)12-2-3-16-19(8-12)28-20(25-16)13-6-14(22)9-15(23)7-13/h2-3,6-10,18H,4-5H2,1H3. The SMILES string of the molecule is Cc1ncc2n1CCC2OC(=O)c1ccc2nc(-c3cc(Cl)cc(Cl)c3)oc2c1. The highest BCUT2D eigenvalue weighted by molar-refractivity contribution is 6.35. The number of hydrogen-bond donors (Lipinski definition) is 0. The molecule has 29 heavy (non-hydrogen) atoms. The molecule has 3 heterocycles. The molecule has 8 heteroatoms. The number of oxazole rings is 1. The summed E-state index contributed by atoms with van der Waals surface area (Å²) in [5, 5.41) is 0.982. The van der Waals surface area contributed by atoms with Crippen molar-refractivity contribution in [3.63, 3.8) is 0 Å². The lowest BCUT2D eigenvalue weighted by atomic mass is 10.2. The summed E-state index contributed by atoms with van der Waals surface area (Å²) < 4.78 is 13.6. The van der Waals surface area contributed by atoms with Gasteiger partial charge in [-0.05, 0) is 43.3 Å². The van der Waals surface area contributed by atoms with Crippen molar-refractivity contribution in [3.05, 3.63) is 69.7 Å². The van der Waals surface area contributed by atoms with E-state index < -0.39 is 5.97 Å². The molecule has 1 unspecified atom stereocenters. The predicted octanol–water partition coefficient (Wildman–Crippen LogP) is 5.61. The Bertz CT molecular complexity index is 1240. The third kappa shape index (κ3) is 3.28. The van der Waals surface area contributed by atoms with E-state index in [9.17, 15) is 4.79 Å². The Morgan fingerprint density at radius 1 is 1.21 bits per heavy atom. The van der Waals surface area contributed by atoms with Crippen LogP contribution in [0.2, 0.25) is 10.0 Å². The Hall–Kier alpha value is -2.83. The highest BCUT2D eigenvalue weighted by Gasteiger charge is 2.28. The van der Waals surface area contributed by atoms with Crippen molar-refractivity contribution >= 4 is 40.3 Å². The minimum atomic E-state index is -0.409. The quantitative estimate of drug-likeness (QED) is 0.397. The molecule has 1 aliphatic rings. The zero-order valence-corrected chi connectivity index (χ0v) is 16.9. The van der Waals surface area contributed by atoms with Gasteiger partial charge >= 0.3 is 5.97 Å². The average Bonchev–Trinajstić information content (AvgIpc) is 3.37. The van der Waals surface area contributed by atoms with Crippen molar-refractivity contribution < 1.29 is 13.9 Å². The fourth-order valence-corrected chi connectivity index (χ4v) is 4.12. The van der Waals surface area contributed by atoms with Crippen molar-refractivity contribution in [1.82, 2.24) is 14.5 Å². The monoisotopic (exact) mass is 427 g/mol. The third-order valence-corrected chi connectivity index (χ3v) is 5.45. The Morgan fingerprint density at radius 2 is 2.00 bits per heavy atom. The molecule has 0 radical (unpaired) electrons. The van der Waals surface area contributed by atoms with Gasteiger partial charge in [0.25, 0.3) is 0 Å². The molecule has 2 aromatic heterocycles. The second kappa shape index (κ2) is 6.90. The van der Waals surface area contributed by atoms with E-state index in [-0.39, 0.29) is 6.10 Å². The summed E-state index contributed by atoms with van der Waals surface area (Å²) in [6, 6.07) is 10.1. The van der Waals surface area contributed by atoms with Crippen molar-refractivity contribution in [1.29, 1.82) is 0 Å². The third-order valence-electron chi connectivity index (χ3n) is 5.01. The van der Waals surface area contributed by atoms with Gasteiger partial charge in [0.1, 0.15) is 17.4 Å². The number of carbonyl (C=O) groups is 1. The second-order valence-electron chi connectivity index (χ2n) is 6.92. The molecule has 1 atom stereocenters. The zero-order valence-electron chi connectivity index (χ0n) is 15.4. The summed E-state index contributed by atoms with van der Waals surface area (Å²) in [6.45, 7) is 2.74. The van der Waals surface area contributed by atoms with Crippen LogP contribution >= 0.6 is 23.2 Å². The molecule has 1 aliphatic heterocycles. The number of rotatable bonds is 3. The van der Waals surface area contributed by atoms with Crippen molar-refractivity contribution in [2.75, 3.05) is 0 Å². The van der Waals surface area contributed by atoms with Crippen LogP contribution < -0.4 is 0 Å². The number of carbonyl (C=O) groups excluding carboxylic acids is 1. The fraction of sp³-hybridized carbons (Fsp3) is 0.190. The predicted molar refractivity (Wildman–Crippen MR) is 109 cm³/mol. The van der Waals surface area contributed by atoms with Gasteiger partial charge in [0, 0.05) is 28.6 Å². The summed E-state index contributed by atoms with van der Waals surface area (Å²) in [5.41, 5.74) is 3.10. The number of aromatic nitrogens is 3. The largest absolute Gasteiger partial charge is 0.452 e. The van der Waals surface area contributed by atoms with Crippen LogP contribution in [-0.2, 0) is 11.3 Å². The van der Waals surface area contributed by atoms with E-state index in [1.807, 2.05) is 6.92 Å². The van der Waals surface area contributed by atoms with E-state index in [0.717, 1.165) is 24.5 Å². The first-order valence-electron chi connectivity index (χ1n) is 9.08. The Morgan fingerprint density at radius 3 is 2.79 bits per heavy atom. The van der Waals surface area contributed by atoms with Gasteiger partial charge in [-0.2, -0.15) is 0 Å². The zero-order chi connectivity index (χ0) is 20.1. The number of ether oxygens (including phenoxy) is 1. The minimum absolute atomic E-state index is 0.293. The average molecular weight is 428 g/mol. The molecule has 0 saturated heterocycles. The van der Waals surface area contributed by atoms with Crippen LogP contribution in [0.25, 0.3) is 22.6 Å². The number of nitrogens with zero attached hydrogens (tertiary/aromatic N) is 3. The molecule has 0 aliphatic carbocycles. The molecule has 0 spiro atoms. The molecule has 146 valence electrons. The first kappa shape index (κ1) is 18.2. The second-order valence-corrected chi connectivity index (χ2v) is 7.80. The van der Waals surface area contributed by atoms with E-state index in [1.165, 1.54) is 0 Å². The molecular formula is C21H15Cl2N3O3. The molecule has 0 N–H and O–H groups in total. The van der Waals surface area contributed by atoms with Gasteiger partial charge in [-0.15, -0.1) is 0 Å². The number of benzene rings is 2. The maximum absolute atomic E-state index is 12.7. The molecule has 0 bridgehead atoms. The normalized spacial score (nSPS) is 15.6.